The first kappa shape index (κ1) is 12.5. The van der Waals surface area contributed by atoms with Gasteiger partial charge in [-0.3, -0.25) is 0 Å². The molecule has 3 aromatic rings. The van der Waals surface area contributed by atoms with E-state index in [0.29, 0.717) is 0 Å². The van der Waals surface area contributed by atoms with Crippen molar-refractivity contribution in [2.45, 2.75) is 0 Å². The predicted molar refractivity (Wildman–Crippen MR) is 82.2 cm³/mol. The van der Waals surface area contributed by atoms with Gasteiger partial charge >= 0.3 is 0 Å². The molecule has 0 atom stereocenters. The van der Waals surface area contributed by atoms with Gasteiger partial charge in [0.1, 0.15) is 11.6 Å². The summed E-state index contributed by atoms with van der Waals surface area (Å²) in [6, 6.07) is 14.1. The van der Waals surface area contributed by atoms with Crippen LogP contribution in [0.15, 0.2) is 42.5 Å². The predicted octanol–water partition coefficient (Wildman–Crippen LogP) is 3.29. The summed E-state index contributed by atoms with van der Waals surface area (Å²) in [6.07, 6.45) is 0. The lowest BCUT2D eigenvalue weighted by molar-refractivity contribution is 0.416. The SMILES string of the molecule is CNc1ccc2nc(-c3ccccc3OC)n(C)c2c1. The fourth-order valence-corrected chi connectivity index (χ4v) is 2.42. The van der Waals surface area contributed by atoms with E-state index in [1.165, 1.54) is 0 Å². The first-order valence-corrected chi connectivity index (χ1v) is 6.52. The molecule has 0 aliphatic rings. The van der Waals surface area contributed by atoms with Gasteiger partial charge in [-0.05, 0) is 30.3 Å². The second-order valence-corrected chi connectivity index (χ2v) is 4.65. The van der Waals surface area contributed by atoms with Crippen LogP contribution in [-0.4, -0.2) is 23.7 Å². The number of nitrogens with one attached hydrogen (secondary N) is 1. The van der Waals surface area contributed by atoms with Crippen molar-refractivity contribution in [1.82, 2.24) is 9.55 Å². The number of para-hydroxylation sites is 1. The molecule has 4 heteroatoms. The molecule has 1 N–H and O–H groups in total. The zero-order chi connectivity index (χ0) is 14.1. The summed E-state index contributed by atoms with van der Waals surface area (Å²) in [5.41, 5.74) is 4.15. The molecule has 4 nitrogen and oxygen atoms in total. The van der Waals surface area contributed by atoms with E-state index in [1.807, 2.05) is 50.5 Å². The lowest BCUT2D eigenvalue weighted by atomic mass is 10.2. The van der Waals surface area contributed by atoms with E-state index in [1.54, 1.807) is 7.11 Å². The van der Waals surface area contributed by atoms with Crippen molar-refractivity contribution >= 4 is 16.7 Å². The molecule has 0 amide bonds. The summed E-state index contributed by atoms with van der Waals surface area (Å²) in [7, 11) is 5.62. The van der Waals surface area contributed by atoms with Crippen LogP contribution in [0.5, 0.6) is 5.75 Å². The lowest BCUT2D eigenvalue weighted by Gasteiger charge is -2.08. The number of benzene rings is 2. The van der Waals surface area contributed by atoms with Crippen molar-refractivity contribution in [2.75, 3.05) is 19.5 Å². The number of aromatic nitrogens is 2. The van der Waals surface area contributed by atoms with Gasteiger partial charge in [0.05, 0.1) is 23.7 Å². The average Bonchev–Trinajstić information content (AvgIpc) is 2.83. The first-order chi connectivity index (χ1) is 9.74. The molecule has 0 fully saturated rings. The molecule has 2 aromatic carbocycles. The zero-order valence-electron chi connectivity index (χ0n) is 11.8. The normalized spacial score (nSPS) is 10.8. The number of hydrogen-bond acceptors (Lipinski definition) is 3. The molecule has 0 radical (unpaired) electrons. The van der Waals surface area contributed by atoms with E-state index in [0.717, 1.165) is 33.9 Å². The highest BCUT2D eigenvalue weighted by atomic mass is 16.5. The minimum Gasteiger partial charge on any atom is -0.496 e. The van der Waals surface area contributed by atoms with Crippen LogP contribution in [0, 0.1) is 0 Å². The Hall–Kier alpha value is -2.49. The maximum Gasteiger partial charge on any atom is 0.144 e. The summed E-state index contributed by atoms with van der Waals surface area (Å²) >= 11 is 0. The molecule has 0 spiro atoms. The molecule has 1 aromatic heterocycles. The Morgan fingerprint density at radius 1 is 1.15 bits per heavy atom. The molecular formula is C16H17N3O. The Balaban J connectivity index is 2.24. The third kappa shape index (κ3) is 1.90. The van der Waals surface area contributed by atoms with Crippen LogP contribution >= 0.6 is 0 Å². The van der Waals surface area contributed by atoms with Crippen LogP contribution < -0.4 is 10.1 Å². The lowest BCUT2D eigenvalue weighted by Crippen LogP contribution is -1.95. The van der Waals surface area contributed by atoms with Crippen LogP contribution in [0.25, 0.3) is 22.4 Å². The maximum atomic E-state index is 5.43. The van der Waals surface area contributed by atoms with Crippen LogP contribution in [0.3, 0.4) is 0 Å². The molecule has 0 unspecified atom stereocenters. The van der Waals surface area contributed by atoms with Crippen molar-refractivity contribution in [3.05, 3.63) is 42.5 Å². The number of aryl methyl sites for hydroxylation is 1. The number of imidazole rings is 1. The molecule has 102 valence electrons. The Bertz CT molecular complexity index is 762. The molecule has 0 bridgehead atoms. The summed E-state index contributed by atoms with van der Waals surface area (Å²) in [4.78, 5) is 4.72. The Labute approximate surface area is 118 Å². The van der Waals surface area contributed by atoms with Crippen LogP contribution in [0.4, 0.5) is 5.69 Å². The van der Waals surface area contributed by atoms with Gasteiger partial charge in [0.2, 0.25) is 0 Å². The van der Waals surface area contributed by atoms with Crippen LogP contribution in [0.1, 0.15) is 0 Å². The summed E-state index contributed by atoms with van der Waals surface area (Å²) in [5, 5.41) is 3.15. The van der Waals surface area contributed by atoms with Gasteiger partial charge < -0.3 is 14.6 Å². The van der Waals surface area contributed by atoms with Crippen molar-refractivity contribution in [1.29, 1.82) is 0 Å². The van der Waals surface area contributed by atoms with Crippen molar-refractivity contribution in [3.8, 4) is 17.1 Å². The van der Waals surface area contributed by atoms with Gasteiger partial charge in [-0.1, -0.05) is 12.1 Å². The standard InChI is InChI=1S/C16H17N3O/c1-17-11-8-9-13-14(10-11)19(2)16(18-13)12-6-4-5-7-15(12)20-3/h4-10,17H,1-3H3. The van der Waals surface area contributed by atoms with E-state index in [4.69, 9.17) is 9.72 Å². The Morgan fingerprint density at radius 2 is 1.95 bits per heavy atom. The second-order valence-electron chi connectivity index (χ2n) is 4.65. The highest BCUT2D eigenvalue weighted by Gasteiger charge is 2.13. The number of methoxy groups -OCH3 is 1. The van der Waals surface area contributed by atoms with E-state index >= 15 is 0 Å². The largest absolute Gasteiger partial charge is 0.496 e. The highest BCUT2D eigenvalue weighted by molar-refractivity contribution is 5.84. The number of rotatable bonds is 3. The van der Waals surface area contributed by atoms with Gasteiger partial charge in [-0.2, -0.15) is 0 Å². The molecule has 0 saturated carbocycles. The highest BCUT2D eigenvalue weighted by Crippen LogP contribution is 2.31. The number of fused-ring (bicyclic) bond motifs is 1. The minimum absolute atomic E-state index is 0.833. The molecular weight excluding hydrogens is 250 g/mol. The summed E-state index contributed by atoms with van der Waals surface area (Å²) in [6.45, 7) is 0. The minimum atomic E-state index is 0.833. The smallest absolute Gasteiger partial charge is 0.144 e. The Morgan fingerprint density at radius 3 is 2.70 bits per heavy atom. The third-order valence-electron chi connectivity index (χ3n) is 3.52. The van der Waals surface area contributed by atoms with E-state index in [9.17, 15) is 0 Å². The average molecular weight is 267 g/mol. The topological polar surface area (TPSA) is 39.1 Å². The summed E-state index contributed by atoms with van der Waals surface area (Å²) < 4.78 is 7.52. The van der Waals surface area contributed by atoms with E-state index in [-0.39, 0.29) is 0 Å². The van der Waals surface area contributed by atoms with Gasteiger partial charge in [-0.15, -0.1) is 0 Å². The van der Waals surface area contributed by atoms with E-state index in [2.05, 4.69) is 16.0 Å². The monoisotopic (exact) mass is 267 g/mol. The van der Waals surface area contributed by atoms with Crippen molar-refractivity contribution in [2.24, 2.45) is 7.05 Å². The molecule has 1 heterocycles. The number of nitrogens with zero attached hydrogens (tertiary/aromatic N) is 2. The first-order valence-electron chi connectivity index (χ1n) is 6.52. The van der Waals surface area contributed by atoms with Gasteiger partial charge in [0.25, 0.3) is 0 Å². The van der Waals surface area contributed by atoms with Gasteiger partial charge in [0, 0.05) is 19.8 Å². The number of anilines is 1. The fourth-order valence-electron chi connectivity index (χ4n) is 2.42. The number of ether oxygens (including phenoxy) is 1. The van der Waals surface area contributed by atoms with Crippen molar-refractivity contribution < 1.29 is 4.74 Å². The quantitative estimate of drug-likeness (QED) is 0.791. The second kappa shape index (κ2) is 4.89. The third-order valence-corrected chi connectivity index (χ3v) is 3.52. The number of hydrogen-bond donors (Lipinski definition) is 1. The summed E-state index contributed by atoms with van der Waals surface area (Å²) in [5.74, 6) is 1.74. The molecule has 3 rings (SSSR count). The molecule has 0 aliphatic heterocycles. The van der Waals surface area contributed by atoms with Gasteiger partial charge in [-0.25, -0.2) is 4.98 Å². The molecule has 0 saturated heterocycles. The van der Waals surface area contributed by atoms with E-state index < -0.39 is 0 Å². The van der Waals surface area contributed by atoms with Crippen LogP contribution in [-0.2, 0) is 7.05 Å². The Kier molecular flexibility index (Phi) is 3.06. The molecule has 20 heavy (non-hydrogen) atoms. The van der Waals surface area contributed by atoms with Gasteiger partial charge in [0.15, 0.2) is 0 Å². The van der Waals surface area contributed by atoms with Crippen LogP contribution in [0.2, 0.25) is 0 Å². The fraction of sp³-hybridized carbons (Fsp3) is 0.188. The maximum absolute atomic E-state index is 5.43. The van der Waals surface area contributed by atoms with Crippen molar-refractivity contribution in [3.63, 3.8) is 0 Å². The zero-order valence-corrected chi connectivity index (χ0v) is 11.8. The molecule has 0 aliphatic carbocycles.